The average molecular weight is 173 g/mol. The van der Waals surface area contributed by atoms with Crippen molar-refractivity contribution in [3.8, 4) is 0 Å². The number of hydrogen-bond acceptors (Lipinski definition) is 3. The molecule has 0 bridgehead atoms. The Morgan fingerprint density at radius 3 is 2.83 bits per heavy atom. The third-order valence-corrected chi connectivity index (χ3v) is 2.09. The minimum absolute atomic E-state index is 0.0982. The summed E-state index contributed by atoms with van der Waals surface area (Å²) in [6.07, 6.45) is 0.358. The van der Waals surface area contributed by atoms with Crippen molar-refractivity contribution >= 4 is 5.97 Å². The van der Waals surface area contributed by atoms with Gasteiger partial charge in [0.2, 0.25) is 0 Å². The largest absolute Gasteiger partial charge is 0.479 e. The summed E-state index contributed by atoms with van der Waals surface area (Å²) in [5.41, 5.74) is 0. The second-order valence-corrected chi connectivity index (χ2v) is 3.29. The van der Waals surface area contributed by atoms with E-state index in [0.29, 0.717) is 0 Å². The summed E-state index contributed by atoms with van der Waals surface area (Å²) < 4.78 is 5.30. The van der Waals surface area contributed by atoms with E-state index in [4.69, 9.17) is 9.84 Å². The molecule has 4 heteroatoms. The number of carboxylic acid groups (broad SMARTS) is 1. The van der Waals surface area contributed by atoms with Crippen LogP contribution >= 0.6 is 0 Å². The van der Waals surface area contributed by atoms with Gasteiger partial charge in [-0.05, 0) is 20.4 Å². The van der Waals surface area contributed by atoms with Crippen LogP contribution in [0, 0.1) is 0 Å². The van der Waals surface area contributed by atoms with Crippen LogP contribution in [0.2, 0.25) is 0 Å². The number of hydrogen-bond donors (Lipinski definition) is 1. The number of rotatable bonds is 3. The maximum atomic E-state index is 10.4. The molecule has 0 aromatic carbocycles. The SMILES string of the molecule is CC(OC1CCN(C)C1)C(=O)O. The van der Waals surface area contributed by atoms with E-state index in [0.717, 1.165) is 19.5 Å². The molecule has 1 fully saturated rings. The first-order valence-corrected chi connectivity index (χ1v) is 4.16. The van der Waals surface area contributed by atoms with Gasteiger partial charge in [0.25, 0.3) is 0 Å². The van der Waals surface area contributed by atoms with Crippen LogP contribution in [-0.4, -0.2) is 48.3 Å². The molecule has 0 spiro atoms. The van der Waals surface area contributed by atoms with E-state index in [-0.39, 0.29) is 6.10 Å². The molecule has 0 amide bonds. The Hall–Kier alpha value is -0.610. The van der Waals surface area contributed by atoms with Crippen molar-refractivity contribution in [3.63, 3.8) is 0 Å². The van der Waals surface area contributed by atoms with E-state index in [1.54, 1.807) is 6.92 Å². The highest BCUT2D eigenvalue weighted by Crippen LogP contribution is 2.12. The smallest absolute Gasteiger partial charge is 0.332 e. The third-order valence-electron chi connectivity index (χ3n) is 2.09. The molecule has 70 valence electrons. The summed E-state index contributed by atoms with van der Waals surface area (Å²) in [7, 11) is 2.01. The lowest BCUT2D eigenvalue weighted by Crippen LogP contribution is -2.28. The van der Waals surface area contributed by atoms with Crippen LogP contribution in [0.3, 0.4) is 0 Å². The highest BCUT2D eigenvalue weighted by Gasteiger charge is 2.24. The first-order valence-electron chi connectivity index (χ1n) is 4.16. The minimum atomic E-state index is -0.885. The summed E-state index contributed by atoms with van der Waals surface area (Å²) in [6.45, 7) is 3.41. The van der Waals surface area contributed by atoms with Gasteiger partial charge in [-0.1, -0.05) is 0 Å². The molecular formula is C8H15NO3. The molecule has 12 heavy (non-hydrogen) atoms. The molecule has 1 aliphatic rings. The summed E-state index contributed by atoms with van der Waals surface area (Å²) in [5.74, 6) is -0.885. The van der Waals surface area contributed by atoms with Crippen LogP contribution in [-0.2, 0) is 9.53 Å². The van der Waals surface area contributed by atoms with E-state index < -0.39 is 12.1 Å². The molecule has 0 saturated carbocycles. The van der Waals surface area contributed by atoms with Gasteiger partial charge in [-0.3, -0.25) is 0 Å². The number of likely N-dealkylation sites (tertiary alicyclic amines) is 1. The Labute approximate surface area is 72.1 Å². The number of aliphatic carboxylic acids is 1. The Morgan fingerprint density at radius 1 is 1.75 bits per heavy atom. The van der Waals surface area contributed by atoms with Gasteiger partial charge in [-0.15, -0.1) is 0 Å². The summed E-state index contributed by atoms with van der Waals surface area (Å²) >= 11 is 0. The van der Waals surface area contributed by atoms with Crippen LogP contribution in [0.5, 0.6) is 0 Å². The molecule has 1 heterocycles. The standard InChI is InChI=1S/C8H15NO3/c1-6(8(10)11)12-7-3-4-9(2)5-7/h6-7H,3-5H2,1-2H3,(H,10,11). The van der Waals surface area contributed by atoms with E-state index in [2.05, 4.69) is 4.90 Å². The number of carbonyl (C=O) groups is 1. The van der Waals surface area contributed by atoms with Crippen molar-refractivity contribution in [1.82, 2.24) is 4.90 Å². The highest BCUT2D eigenvalue weighted by molar-refractivity contribution is 5.71. The second kappa shape index (κ2) is 3.87. The third kappa shape index (κ3) is 2.46. The summed E-state index contributed by atoms with van der Waals surface area (Å²) in [5, 5.41) is 8.57. The normalized spacial score (nSPS) is 27.3. The van der Waals surface area contributed by atoms with Gasteiger partial charge in [0.05, 0.1) is 6.10 Å². The number of nitrogens with zero attached hydrogens (tertiary/aromatic N) is 1. The van der Waals surface area contributed by atoms with Crippen molar-refractivity contribution in [2.75, 3.05) is 20.1 Å². The van der Waals surface area contributed by atoms with E-state index in [1.807, 2.05) is 7.05 Å². The molecule has 1 rings (SSSR count). The van der Waals surface area contributed by atoms with Crippen molar-refractivity contribution in [1.29, 1.82) is 0 Å². The summed E-state index contributed by atoms with van der Waals surface area (Å²) in [4.78, 5) is 12.6. The van der Waals surface area contributed by atoms with E-state index >= 15 is 0 Å². The predicted molar refractivity (Wildman–Crippen MR) is 44.1 cm³/mol. The minimum Gasteiger partial charge on any atom is -0.479 e. The first kappa shape index (κ1) is 9.48. The van der Waals surface area contributed by atoms with Crippen molar-refractivity contribution in [2.45, 2.75) is 25.6 Å². The average Bonchev–Trinajstić information content (AvgIpc) is 2.35. The van der Waals surface area contributed by atoms with Crippen molar-refractivity contribution in [2.24, 2.45) is 0 Å². The molecule has 0 radical (unpaired) electrons. The zero-order chi connectivity index (χ0) is 9.14. The molecule has 1 saturated heterocycles. The Morgan fingerprint density at radius 2 is 2.42 bits per heavy atom. The van der Waals surface area contributed by atoms with Gasteiger partial charge in [0.15, 0.2) is 6.10 Å². The van der Waals surface area contributed by atoms with Crippen LogP contribution in [0.15, 0.2) is 0 Å². The second-order valence-electron chi connectivity index (χ2n) is 3.29. The number of carboxylic acids is 1. The zero-order valence-corrected chi connectivity index (χ0v) is 7.49. The van der Waals surface area contributed by atoms with Crippen molar-refractivity contribution < 1.29 is 14.6 Å². The fraction of sp³-hybridized carbons (Fsp3) is 0.875. The Kier molecular flexibility index (Phi) is 3.05. The monoisotopic (exact) mass is 173 g/mol. The number of ether oxygens (including phenoxy) is 1. The lowest BCUT2D eigenvalue weighted by atomic mass is 10.3. The van der Waals surface area contributed by atoms with Gasteiger partial charge < -0.3 is 14.7 Å². The van der Waals surface area contributed by atoms with E-state index in [1.165, 1.54) is 0 Å². The predicted octanol–water partition coefficient (Wildman–Crippen LogP) is 0.180. The lowest BCUT2D eigenvalue weighted by molar-refractivity contribution is -0.152. The van der Waals surface area contributed by atoms with Crippen LogP contribution in [0.1, 0.15) is 13.3 Å². The van der Waals surface area contributed by atoms with Crippen LogP contribution in [0.25, 0.3) is 0 Å². The molecule has 0 aromatic heterocycles. The molecule has 1 N–H and O–H groups in total. The Balaban J connectivity index is 2.27. The fourth-order valence-corrected chi connectivity index (χ4v) is 1.35. The molecule has 1 aliphatic heterocycles. The lowest BCUT2D eigenvalue weighted by Gasteiger charge is -2.14. The Bertz CT molecular complexity index is 172. The van der Waals surface area contributed by atoms with Crippen molar-refractivity contribution in [3.05, 3.63) is 0 Å². The number of likely N-dealkylation sites (N-methyl/N-ethyl adjacent to an activating group) is 1. The molecule has 2 unspecified atom stereocenters. The quantitative estimate of drug-likeness (QED) is 0.661. The van der Waals surface area contributed by atoms with E-state index in [9.17, 15) is 4.79 Å². The zero-order valence-electron chi connectivity index (χ0n) is 7.49. The fourth-order valence-electron chi connectivity index (χ4n) is 1.35. The molecule has 0 aromatic rings. The molecule has 2 atom stereocenters. The topological polar surface area (TPSA) is 49.8 Å². The maximum absolute atomic E-state index is 10.4. The van der Waals surface area contributed by atoms with Crippen LogP contribution < -0.4 is 0 Å². The first-order chi connectivity index (χ1) is 5.59. The van der Waals surface area contributed by atoms with Gasteiger partial charge in [0.1, 0.15) is 0 Å². The molecular weight excluding hydrogens is 158 g/mol. The maximum Gasteiger partial charge on any atom is 0.332 e. The van der Waals surface area contributed by atoms with Gasteiger partial charge in [-0.25, -0.2) is 4.79 Å². The van der Waals surface area contributed by atoms with Gasteiger partial charge in [0, 0.05) is 13.1 Å². The van der Waals surface area contributed by atoms with Crippen LogP contribution in [0.4, 0.5) is 0 Å². The molecule has 4 nitrogen and oxygen atoms in total. The highest BCUT2D eigenvalue weighted by atomic mass is 16.5. The van der Waals surface area contributed by atoms with Gasteiger partial charge >= 0.3 is 5.97 Å². The molecule has 0 aliphatic carbocycles. The summed E-state index contributed by atoms with van der Waals surface area (Å²) in [6, 6.07) is 0. The van der Waals surface area contributed by atoms with Gasteiger partial charge in [-0.2, -0.15) is 0 Å².